The largest absolute Gasteiger partial charge is 0.477 e. The smallest absolute Gasteiger partial charge is 0.341 e. The number of carbonyl (C=O) groups excluding carboxylic acids is 1. The van der Waals surface area contributed by atoms with Gasteiger partial charge in [-0.2, -0.15) is 0 Å². The van der Waals surface area contributed by atoms with Crippen molar-refractivity contribution in [3.05, 3.63) is 65.4 Å². The first-order chi connectivity index (χ1) is 14.0. The van der Waals surface area contributed by atoms with Gasteiger partial charge in [-0.25, -0.2) is 4.79 Å². The number of aryl methyl sites for hydroxylation is 1. The van der Waals surface area contributed by atoms with Crippen molar-refractivity contribution in [2.24, 2.45) is 0 Å². The Balaban J connectivity index is 1.72. The SMILES string of the molecule is CCOC(=O)C1(c2ccccc2-c2ccc(-c3onc(C)c3C(=O)O)cc2)CC1. The van der Waals surface area contributed by atoms with Crippen molar-refractivity contribution in [2.75, 3.05) is 6.61 Å². The van der Waals surface area contributed by atoms with Crippen LogP contribution in [-0.4, -0.2) is 28.8 Å². The second-order valence-electron chi connectivity index (χ2n) is 7.20. The van der Waals surface area contributed by atoms with Crippen LogP contribution >= 0.6 is 0 Å². The van der Waals surface area contributed by atoms with E-state index in [-0.39, 0.29) is 17.3 Å². The lowest BCUT2D eigenvalue weighted by Gasteiger charge is -2.18. The van der Waals surface area contributed by atoms with Crippen LogP contribution in [0.15, 0.2) is 53.1 Å². The first kappa shape index (κ1) is 18.9. The van der Waals surface area contributed by atoms with E-state index in [2.05, 4.69) is 5.16 Å². The van der Waals surface area contributed by atoms with E-state index in [9.17, 15) is 14.7 Å². The zero-order valence-corrected chi connectivity index (χ0v) is 16.3. The van der Waals surface area contributed by atoms with E-state index in [1.165, 1.54) is 0 Å². The van der Waals surface area contributed by atoms with E-state index in [1.54, 1.807) is 6.92 Å². The molecule has 0 aliphatic heterocycles. The molecule has 1 saturated carbocycles. The minimum atomic E-state index is -1.07. The average molecular weight is 391 g/mol. The third-order valence-electron chi connectivity index (χ3n) is 5.39. The number of hydrogen-bond acceptors (Lipinski definition) is 5. The number of carbonyl (C=O) groups is 2. The Morgan fingerprint density at radius 3 is 2.38 bits per heavy atom. The van der Waals surface area contributed by atoms with Gasteiger partial charge in [-0.15, -0.1) is 0 Å². The maximum atomic E-state index is 12.6. The Hall–Kier alpha value is -3.41. The molecule has 148 valence electrons. The van der Waals surface area contributed by atoms with Crippen LogP contribution < -0.4 is 0 Å². The highest BCUT2D eigenvalue weighted by molar-refractivity contribution is 5.95. The topological polar surface area (TPSA) is 89.6 Å². The van der Waals surface area contributed by atoms with E-state index >= 15 is 0 Å². The van der Waals surface area contributed by atoms with Gasteiger partial charge in [0.1, 0.15) is 5.56 Å². The third kappa shape index (κ3) is 3.20. The van der Waals surface area contributed by atoms with Gasteiger partial charge in [-0.05, 0) is 43.4 Å². The highest BCUT2D eigenvalue weighted by Crippen LogP contribution is 2.52. The predicted molar refractivity (Wildman–Crippen MR) is 107 cm³/mol. The van der Waals surface area contributed by atoms with Gasteiger partial charge in [0.15, 0.2) is 5.76 Å². The second-order valence-corrected chi connectivity index (χ2v) is 7.20. The molecule has 1 N–H and O–H groups in total. The van der Waals surface area contributed by atoms with Gasteiger partial charge in [0.2, 0.25) is 0 Å². The molecule has 1 fully saturated rings. The molecule has 0 amide bonds. The Kier molecular flexibility index (Phi) is 4.70. The van der Waals surface area contributed by atoms with Gasteiger partial charge < -0.3 is 14.4 Å². The molecule has 4 rings (SSSR count). The zero-order chi connectivity index (χ0) is 20.6. The fourth-order valence-electron chi connectivity index (χ4n) is 3.75. The molecule has 6 heteroatoms. The summed E-state index contributed by atoms with van der Waals surface area (Å²) in [5.41, 5.74) is 3.35. The summed E-state index contributed by atoms with van der Waals surface area (Å²) >= 11 is 0. The fraction of sp³-hybridized carbons (Fsp3) is 0.261. The fourth-order valence-corrected chi connectivity index (χ4v) is 3.75. The molecular formula is C23H21NO5. The minimum absolute atomic E-state index is 0.0670. The Morgan fingerprint density at radius 2 is 1.76 bits per heavy atom. The monoisotopic (exact) mass is 391 g/mol. The van der Waals surface area contributed by atoms with E-state index < -0.39 is 11.4 Å². The van der Waals surface area contributed by atoms with Gasteiger partial charge in [-0.3, -0.25) is 4.79 Å². The Labute approximate surface area is 168 Å². The molecule has 1 aliphatic carbocycles. The number of rotatable bonds is 6. The summed E-state index contributed by atoms with van der Waals surface area (Å²) in [5, 5.41) is 13.2. The molecular weight excluding hydrogens is 370 g/mol. The van der Waals surface area contributed by atoms with Crippen LogP contribution in [0.25, 0.3) is 22.5 Å². The van der Waals surface area contributed by atoms with Crippen LogP contribution in [0, 0.1) is 6.92 Å². The normalized spacial score (nSPS) is 14.4. The number of aromatic carboxylic acids is 1. The van der Waals surface area contributed by atoms with Crippen LogP contribution in [0.1, 0.15) is 41.4 Å². The molecule has 0 saturated heterocycles. The molecule has 0 spiro atoms. The summed E-state index contributed by atoms with van der Waals surface area (Å²) in [7, 11) is 0. The molecule has 3 aromatic rings. The quantitative estimate of drug-likeness (QED) is 0.617. The summed E-state index contributed by atoms with van der Waals surface area (Å²) in [6, 6.07) is 15.3. The Morgan fingerprint density at radius 1 is 1.10 bits per heavy atom. The number of esters is 1. The van der Waals surface area contributed by atoms with E-state index in [0.717, 1.165) is 29.5 Å². The number of carboxylic acid groups (broad SMARTS) is 1. The molecule has 2 aromatic carbocycles. The lowest BCUT2D eigenvalue weighted by atomic mass is 9.88. The summed E-state index contributed by atoms with van der Waals surface area (Å²) in [6.07, 6.45) is 1.56. The summed E-state index contributed by atoms with van der Waals surface area (Å²) in [4.78, 5) is 24.1. The Bertz CT molecular complexity index is 1080. The molecule has 0 bridgehead atoms. The van der Waals surface area contributed by atoms with Crippen molar-refractivity contribution in [3.63, 3.8) is 0 Å². The van der Waals surface area contributed by atoms with Crippen molar-refractivity contribution < 1.29 is 24.0 Å². The van der Waals surface area contributed by atoms with Crippen LogP contribution in [-0.2, 0) is 14.9 Å². The minimum Gasteiger partial charge on any atom is -0.477 e. The maximum absolute atomic E-state index is 12.6. The van der Waals surface area contributed by atoms with Crippen molar-refractivity contribution >= 4 is 11.9 Å². The second kappa shape index (κ2) is 7.20. The molecule has 1 aromatic heterocycles. The molecule has 0 atom stereocenters. The van der Waals surface area contributed by atoms with Crippen molar-refractivity contribution in [3.8, 4) is 22.5 Å². The van der Waals surface area contributed by atoms with Gasteiger partial charge in [0, 0.05) is 5.56 Å². The third-order valence-corrected chi connectivity index (χ3v) is 5.39. The molecule has 0 unspecified atom stereocenters. The van der Waals surface area contributed by atoms with Gasteiger partial charge in [-0.1, -0.05) is 53.7 Å². The van der Waals surface area contributed by atoms with E-state index in [4.69, 9.17) is 9.26 Å². The average Bonchev–Trinajstić information content (AvgIpc) is 3.44. The van der Waals surface area contributed by atoms with Crippen LogP contribution in [0.4, 0.5) is 0 Å². The lowest BCUT2D eigenvalue weighted by Crippen LogP contribution is -2.23. The van der Waals surface area contributed by atoms with Gasteiger partial charge in [0.05, 0.1) is 17.7 Å². The molecule has 1 aliphatic rings. The van der Waals surface area contributed by atoms with E-state index in [1.807, 2.05) is 55.5 Å². The molecule has 1 heterocycles. The summed E-state index contributed by atoms with van der Waals surface area (Å²) in [6.45, 7) is 3.78. The summed E-state index contributed by atoms with van der Waals surface area (Å²) in [5.74, 6) is -1.01. The first-order valence-corrected chi connectivity index (χ1v) is 9.55. The highest BCUT2D eigenvalue weighted by atomic mass is 16.5. The summed E-state index contributed by atoms with van der Waals surface area (Å²) < 4.78 is 10.6. The van der Waals surface area contributed by atoms with Crippen molar-refractivity contribution in [2.45, 2.75) is 32.1 Å². The highest BCUT2D eigenvalue weighted by Gasteiger charge is 2.53. The van der Waals surface area contributed by atoms with Crippen LogP contribution in [0.5, 0.6) is 0 Å². The van der Waals surface area contributed by atoms with Crippen molar-refractivity contribution in [1.29, 1.82) is 0 Å². The number of carboxylic acids is 1. The molecule has 0 radical (unpaired) electrons. The first-order valence-electron chi connectivity index (χ1n) is 9.55. The molecule has 6 nitrogen and oxygen atoms in total. The number of ether oxygens (including phenoxy) is 1. The van der Waals surface area contributed by atoms with Crippen LogP contribution in [0.3, 0.4) is 0 Å². The zero-order valence-electron chi connectivity index (χ0n) is 16.3. The number of hydrogen-bond donors (Lipinski definition) is 1. The van der Waals surface area contributed by atoms with Crippen molar-refractivity contribution in [1.82, 2.24) is 5.16 Å². The number of benzene rings is 2. The molecule has 29 heavy (non-hydrogen) atoms. The number of aromatic nitrogens is 1. The van der Waals surface area contributed by atoms with E-state index in [0.29, 0.717) is 17.9 Å². The maximum Gasteiger partial charge on any atom is 0.341 e. The predicted octanol–water partition coefficient (Wildman–Crippen LogP) is 4.61. The number of nitrogens with zero attached hydrogens (tertiary/aromatic N) is 1. The van der Waals surface area contributed by atoms with Gasteiger partial charge in [0.25, 0.3) is 0 Å². The lowest BCUT2D eigenvalue weighted by molar-refractivity contribution is -0.146. The van der Waals surface area contributed by atoms with Crippen LogP contribution in [0.2, 0.25) is 0 Å². The van der Waals surface area contributed by atoms with Gasteiger partial charge >= 0.3 is 11.9 Å². The standard InChI is InChI=1S/C23H21NO5/c1-3-28-22(27)23(12-13-23)18-7-5-4-6-17(18)15-8-10-16(11-9-15)20-19(21(25)26)14(2)24-29-20/h4-11H,3,12-13H2,1-2H3,(H,25,26).